The highest BCUT2D eigenvalue weighted by Gasteiger charge is 2.18. The van der Waals surface area contributed by atoms with E-state index < -0.39 is 0 Å². The van der Waals surface area contributed by atoms with Crippen molar-refractivity contribution < 1.29 is 9.18 Å². The third-order valence-electron chi connectivity index (χ3n) is 4.57. The largest absolute Gasteiger partial charge is 0.320 e. The molecule has 0 saturated heterocycles. The lowest BCUT2D eigenvalue weighted by atomic mass is 10.0. The number of hydrogen-bond donors (Lipinski definition) is 1. The minimum Gasteiger partial charge on any atom is -0.320 e. The van der Waals surface area contributed by atoms with Crippen LogP contribution in [0.3, 0.4) is 0 Å². The number of nitrogens with zero attached hydrogens (tertiary/aromatic N) is 2. The van der Waals surface area contributed by atoms with Gasteiger partial charge >= 0.3 is 0 Å². The summed E-state index contributed by atoms with van der Waals surface area (Å²) in [5.41, 5.74) is 1.46. The van der Waals surface area contributed by atoms with E-state index in [9.17, 15) is 9.18 Å². The number of halogens is 1. The minimum absolute atomic E-state index is 0.0175. The van der Waals surface area contributed by atoms with Crippen LogP contribution in [0.5, 0.6) is 0 Å². The van der Waals surface area contributed by atoms with Gasteiger partial charge in [0, 0.05) is 19.0 Å². The van der Waals surface area contributed by atoms with Crippen molar-refractivity contribution in [2.75, 3.05) is 5.32 Å². The molecule has 2 aromatic rings. The molecule has 1 aromatic heterocycles. The number of aromatic nitrogens is 2. The van der Waals surface area contributed by atoms with E-state index in [4.69, 9.17) is 0 Å². The smallest absolute Gasteiger partial charge is 0.225 e. The maximum absolute atomic E-state index is 13.1. The van der Waals surface area contributed by atoms with E-state index in [2.05, 4.69) is 10.3 Å². The second-order valence-electron chi connectivity index (χ2n) is 6.30. The number of aryl methyl sites for hydroxylation is 1. The molecule has 4 nitrogen and oxygen atoms in total. The Morgan fingerprint density at radius 3 is 2.70 bits per heavy atom. The fraction of sp³-hybridized carbons (Fsp3) is 0.444. The van der Waals surface area contributed by atoms with Crippen molar-refractivity contribution in [1.29, 1.82) is 0 Å². The predicted molar refractivity (Wildman–Crippen MR) is 88.4 cm³/mol. The molecular weight excluding hydrogens is 293 g/mol. The molecule has 122 valence electrons. The van der Waals surface area contributed by atoms with Crippen LogP contribution in [0.15, 0.2) is 30.6 Å². The molecule has 0 unspecified atom stereocenters. The second-order valence-corrected chi connectivity index (χ2v) is 6.30. The number of hydrogen-bond acceptors (Lipinski definition) is 2. The maximum atomic E-state index is 13.1. The first-order chi connectivity index (χ1) is 11.1. The van der Waals surface area contributed by atoms with Crippen LogP contribution in [-0.2, 0) is 11.8 Å². The standard InChI is InChI=1S/C18H22FN3O/c1-22-12-20-17(14-7-9-15(19)10-8-14)18(22)21-16(23)11-6-13-4-2-3-5-13/h7-10,12-13H,2-6,11H2,1H3,(H,21,23). The van der Waals surface area contributed by atoms with Crippen LogP contribution in [0, 0.1) is 11.7 Å². The van der Waals surface area contributed by atoms with E-state index in [1.165, 1.54) is 37.8 Å². The number of amides is 1. The quantitative estimate of drug-likeness (QED) is 0.901. The maximum Gasteiger partial charge on any atom is 0.225 e. The molecule has 5 heteroatoms. The molecular formula is C18H22FN3O. The van der Waals surface area contributed by atoms with Crippen molar-refractivity contribution in [3.05, 3.63) is 36.4 Å². The Hall–Kier alpha value is -2.17. The summed E-state index contributed by atoms with van der Waals surface area (Å²) < 4.78 is 14.9. The van der Waals surface area contributed by atoms with Gasteiger partial charge in [-0.1, -0.05) is 25.7 Å². The summed E-state index contributed by atoms with van der Waals surface area (Å²) in [7, 11) is 1.84. The van der Waals surface area contributed by atoms with Crippen LogP contribution in [0.4, 0.5) is 10.2 Å². The molecule has 1 amide bonds. The summed E-state index contributed by atoms with van der Waals surface area (Å²) in [4.78, 5) is 16.6. The molecule has 1 aliphatic carbocycles. The van der Waals surface area contributed by atoms with Gasteiger partial charge in [0.25, 0.3) is 0 Å². The zero-order valence-corrected chi connectivity index (χ0v) is 13.4. The first kappa shape index (κ1) is 15.7. The van der Waals surface area contributed by atoms with Gasteiger partial charge in [-0.2, -0.15) is 0 Å². The number of carbonyl (C=O) groups is 1. The Morgan fingerprint density at radius 2 is 2.00 bits per heavy atom. The average Bonchev–Trinajstić information content (AvgIpc) is 3.17. The third-order valence-corrected chi connectivity index (χ3v) is 4.57. The second kappa shape index (κ2) is 6.94. The lowest BCUT2D eigenvalue weighted by Gasteiger charge is -2.11. The zero-order valence-electron chi connectivity index (χ0n) is 13.4. The monoisotopic (exact) mass is 315 g/mol. The van der Waals surface area contributed by atoms with Gasteiger partial charge in [0.1, 0.15) is 17.3 Å². The molecule has 0 bridgehead atoms. The minimum atomic E-state index is -0.285. The summed E-state index contributed by atoms with van der Waals surface area (Å²) in [6.07, 6.45) is 8.24. The number of benzene rings is 1. The van der Waals surface area contributed by atoms with Crippen molar-refractivity contribution >= 4 is 11.7 Å². The fourth-order valence-corrected chi connectivity index (χ4v) is 3.23. The molecule has 0 atom stereocenters. The Balaban J connectivity index is 1.68. The highest BCUT2D eigenvalue weighted by molar-refractivity contribution is 5.93. The van der Waals surface area contributed by atoms with Gasteiger partial charge < -0.3 is 9.88 Å². The van der Waals surface area contributed by atoms with E-state index in [-0.39, 0.29) is 11.7 Å². The fourth-order valence-electron chi connectivity index (χ4n) is 3.23. The van der Waals surface area contributed by atoms with Crippen molar-refractivity contribution in [3.8, 4) is 11.3 Å². The molecule has 0 spiro atoms. The normalized spacial score (nSPS) is 15.0. The average molecular weight is 315 g/mol. The predicted octanol–water partition coefficient (Wildman–Crippen LogP) is 4.14. The topological polar surface area (TPSA) is 46.9 Å². The van der Waals surface area contributed by atoms with Crippen molar-refractivity contribution in [2.24, 2.45) is 13.0 Å². The van der Waals surface area contributed by atoms with Gasteiger partial charge in [0.15, 0.2) is 0 Å². The van der Waals surface area contributed by atoms with Gasteiger partial charge in [-0.05, 0) is 36.6 Å². The summed E-state index contributed by atoms with van der Waals surface area (Å²) >= 11 is 0. The summed E-state index contributed by atoms with van der Waals surface area (Å²) in [5, 5.41) is 2.96. The molecule has 0 radical (unpaired) electrons. The molecule has 1 fully saturated rings. The summed E-state index contributed by atoms with van der Waals surface area (Å²) in [5.74, 6) is 1.09. The third kappa shape index (κ3) is 3.78. The van der Waals surface area contributed by atoms with Gasteiger partial charge in [-0.15, -0.1) is 0 Å². The number of nitrogens with one attached hydrogen (secondary N) is 1. The van der Waals surface area contributed by atoms with Crippen LogP contribution in [0.2, 0.25) is 0 Å². The lowest BCUT2D eigenvalue weighted by molar-refractivity contribution is -0.116. The lowest BCUT2D eigenvalue weighted by Crippen LogP contribution is -2.15. The van der Waals surface area contributed by atoms with Crippen LogP contribution in [0.25, 0.3) is 11.3 Å². The van der Waals surface area contributed by atoms with Crippen LogP contribution >= 0.6 is 0 Å². The highest BCUT2D eigenvalue weighted by Crippen LogP contribution is 2.29. The number of carbonyl (C=O) groups excluding carboxylic acids is 1. The summed E-state index contributed by atoms with van der Waals surface area (Å²) in [6.45, 7) is 0. The Kier molecular flexibility index (Phi) is 4.74. The van der Waals surface area contributed by atoms with Crippen LogP contribution in [0.1, 0.15) is 38.5 Å². The summed E-state index contributed by atoms with van der Waals surface area (Å²) in [6, 6.07) is 6.14. The van der Waals surface area contributed by atoms with E-state index in [1.807, 2.05) is 7.05 Å². The molecule has 0 aliphatic heterocycles. The van der Waals surface area contributed by atoms with Crippen LogP contribution in [-0.4, -0.2) is 15.5 Å². The number of rotatable bonds is 5. The first-order valence-corrected chi connectivity index (χ1v) is 8.20. The highest BCUT2D eigenvalue weighted by atomic mass is 19.1. The van der Waals surface area contributed by atoms with Gasteiger partial charge in [-0.3, -0.25) is 4.79 Å². The molecule has 1 aromatic carbocycles. The SMILES string of the molecule is Cn1cnc(-c2ccc(F)cc2)c1NC(=O)CCC1CCCC1. The number of imidazole rings is 1. The van der Waals surface area contributed by atoms with Crippen molar-refractivity contribution in [1.82, 2.24) is 9.55 Å². The Morgan fingerprint density at radius 1 is 1.30 bits per heavy atom. The molecule has 1 N–H and O–H groups in total. The van der Waals surface area contributed by atoms with E-state index in [0.29, 0.717) is 23.9 Å². The van der Waals surface area contributed by atoms with Crippen LogP contribution < -0.4 is 5.32 Å². The van der Waals surface area contributed by atoms with Gasteiger partial charge in [0.05, 0.1) is 6.33 Å². The van der Waals surface area contributed by atoms with Gasteiger partial charge in [-0.25, -0.2) is 9.37 Å². The van der Waals surface area contributed by atoms with E-state index >= 15 is 0 Å². The Labute approximate surface area is 135 Å². The van der Waals surface area contributed by atoms with Crippen molar-refractivity contribution in [2.45, 2.75) is 38.5 Å². The molecule has 1 heterocycles. The first-order valence-electron chi connectivity index (χ1n) is 8.20. The van der Waals surface area contributed by atoms with E-state index in [0.717, 1.165) is 12.0 Å². The molecule has 1 saturated carbocycles. The Bertz CT molecular complexity index is 672. The number of anilines is 1. The molecule has 3 rings (SSSR count). The molecule has 1 aliphatic rings. The molecule has 23 heavy (non-hydrogen) atoms. The zero-order chi connectivity index (χ0) is 16.2. The van der Waals surface area contributed by atoms with Crippen molar-refractivity contribution in [3.63, 3.8) is 0 Å². The van der Waals surface area contributed by atoms with E-state index in [1.54, 1.807) is 23.0 Å². The van der Waals surface area contributed by atoms with Gasteiger partial charge in [0.2, 0.25) is 5.91 Å².